The van der Waals surface area contributed by atoms with Gasteiger partial charge in [0.15, 0.2) is 0 Å². The van der Waals surface area contributed by atoms with Crippen LogP contribution in [0, 0.1) is 0 Å². The number of nitrogens with two attached hydrogens (primary N) is 2. The predicted molar refractivity (Wildman–Crippen MR) is 203 cm³/mol. The first kappa shape index (κ1) is 52.6. The van der Waals surface area contributed by atoms with Crippen LogP contribution in [0.1, 0.15) is 56.9 Å². The molecule has 6 amide bonds. The topological polar surface area (TPSA) is 471 Å². The van der Waals surface area contributed by atoms with Gasteiger partial charge in [0.05, 0.1) is 38.1 Å². The van der Waals surface area contributed by atoms with Gasteiger partial charge < -0.3 is 79.1 Å². The quantitative estimate of drug-likeness (QED) is 0.0334. The normalized spacial score (nSPS) is 14.1. The molecule has 27 heteroatoms. The van der Waals surface area contributed by atoms with Gasteiger partial charge in [0, 0.05) is 6.42 Å². The van der Waals surface area contributed by atoms with Crippen LogP contribution in [-0.2, 0) is 64.0 Å². The zero-order chi connectivity index (χ0) is 47.3. The van der Waals surface area contributed by atoms with E-state index in [1.807, 2.05) is 10.6 Å². The molecule has 0 heterocycles. The third-order valence-corrected chi connectivity index (χ3v) is 8.35. The molecule has 0 fully saturated rings. The zero-order valence-electron chi connectivity index (χ0n) is 32.6. The lowest BCUT2D eigenvalue weighted by molar-refractivity contribution is -0.148. The molecule has 0 bridgehead atoms. The van der Waals surface area contributed by atoms with E-state index in [2.05, 4.69) is 16.0 Å². The number of carboxylic acids is 6. The second-order valence-electron chi connectivity index (χ2n) is 13.5. The van der Waals surface area contributed by atoms with Gasteiger partial charge in [-0.3, -0.25) is 52.7 Å². The fourth-order valence-corrected chi connectivity index (χ4v) is 5.29. The lowest BCUT2D eigenvalue weighted by atomic mass is 10.0. The van der Waals surface area contributed by atoms with E-state index in [1.165, 1.54) is 24.3 Å². The predicted octanol–water partition coefficient (Wildman–Crippen LogP) is -5.24. The summed E-state index contributed by atoms with van der Waals surface area (Å²) >= 11 is 0. The maximum Gasteiger partial charge on any atom is 0.326 e. The number of carbonyl (C=O) groups excluding carboxylic acids is 6. The van der Waals surface area contributed by atoms with E-state index in [-0.39, 0.29) is 38.0 Å². The van der Waals surface area contributed by atoms with Gasteiger partial charge in [0.1, 0.15) is 42.0 Å². The van der Waals surface area contributed by atoms with Crippen LogP contribution in [0.15, 0.2) is 24.3 Å². The van der Waals surface area contributed by atoms with E-state index < -0.39 is 146 Å². The van der Waals surface area contributed by atoms with E-state index in [1.54, 1.807) is 5.32 Å². The molecular weight excluding hydrogens is 836 g/mol. The molecule has 0 saturated carbocycles. The van der Waals surface area contributed by atoms with Crippen molar-refractivity contribution in [1.29, 1.82) is 0 Å². The van der Waals surface area contributed by atoms with Gasteiger partial charge in [0.25, 0.3) is 0 Å². The van der Waals surface area contributed by atoms with Crippen LogP contribution in [0.2, 0.25) is 0 Å². The monoisotopic (exact) mass is 884 g/mol. The Hall–Kier alpha value is -7.42. The molecule has 62 heavy (non-hydrogen) atoms. The summed E-state index contributed by atoms with van der Waals surface area (Å²) in [5.74, 6) is -18.4. The van der Waals surface area contributed by atoms with E-state index in [9.17, 15) is 83.1 Å². The minimum Gasteiger partial charge on any atom is -0.508 e. The molecule has 1 aromatic carbocycles. The Kier molecular flexibility index (Phi) is 22.0. The molecule has 1 rings (SSSR count). The summed E-state index contributed by atoms with van der Waals surface area (Å²) in [4.78, 5) is 148. The number of amides is 6. The number of hydrogen-bond acceptors (Lipinski definition) is 15. The summed E-state index contributed by atoms with van der Waals surface area (Å²) in [6, 6.07) is -8.17. The van der Waals surface area contributed by atoms with E-state index >= 15 is 0 Å². The summed E-state index contributed by atoms with van der Waals surface area (Å²) in [6.45, 7) is 0.109. The molecule has 342 valence electrons. The van der Waals surface area contributed by atoms with Crippen molar-refractivity contribution >= 4 is 71.3 Å². The fraction of sp³-hybridized carbons (Fsp3) is 0.486. The van der Waals surface area contributed by atoms with Crippen molar-refractivity contribution in [3.63, 3.8) is 0 Å². The molecule has 0 aromatic heterocycles. The molecular formula is C35H48N8O19. The maximum absolute atomic E-state index is 13.7. The van der Waals surface area contributed by atoms with Crippen LogP contribution >= 0.6 is 0 Å². The smallest absolute Gasteiger partial charge is 0.326 e. The molecule has 1 aromatic rings. The Morgan fingerprint density at radius 2 is 0.790 bits per heavy atom. The maximum atomic E-state index is 13.7. The second kappa shape index (κ2) is 25.9. The molecule has 7 atom stereocenters. The molecule has 0 saturated heterocycles. The molecule has 0 spiro atoms. The lowest BCUT2D eigenvalue weighted by Gasteiger charge is -2.27. The molecule has 0 radical (unpaired) electrons. The highest BCUT2D eigenvalue weighted by atomic mass is 16.4. The largest absolute Gasteiger partial charge is 0.508 e. The standard InChI is InChI=1S/C35H48N8O19/c36-8-2-1-3-18(38-31(57)19(9-15-4-6-16(44)7-5-15)39-29(55)17(37)10-24(45)46)30(56)40-20(11-25(47)48)32(58)41-21(12-26(49)50)33(59)42-22(13-27(51)52)34(60)43-23(35(61)62)14-28(53)54/h4-7,17-23,44H,1-3,8-14,36-37H2,(H,38,57)(H,39,55)(H,40,56)(H,41,58)(H,42,59)(H,43,60)(H,45,46)(H,47,48)(H,49,50)(H,51,52)(H,53,54)(H,61,62)/t17-,18-,19-,20-,21-,22-,23-/m0/s1. The number of phenols is 1. The summed E-state index contributed by atoms with van der Waals surface area (Å²) in [5, 5.41) is 77.3. The summed E-state index contributed by atoms with van der Waals surface area (Å²) < 4.78 is 0. The van der Waals surface area contributed by atoms with Gasteiger partial charge in [0.2, 0.25) is 35.4 Å². The van der Waals surface area contributed by atoms with E-state index in [0.29, 0.717) is 5.56 Å². The van der Waals surface area contributed by atoms with Crippen LogP contribution in [-0.4, -0.2) is 156 Å². The Balaban J connectivity index is 3.45. The van der Waals surface area contributed by atoms with Crippen molar-refractivity contribution in [3.8, 4) is 5.75 Å². The Labute approximate surface area is 349 Å². The van der Waals surface area contributed by atoms with E-state index in [4.69, 9.17) is 21.7 Å². The first-order chi connectivity index (χ1) is 28.9. The summed E-state index contributed by atoms with van der Waals surface area (Å²) in [5.41, 5.74) is 11.6. The molecule has 0 unspecified atom stereocenters. The first-order valence-electron chi connectivity index (χ1n) is 18.3. The first-order valence-corrected chi connectivity index (χ1v) is 18.3. The highest BCUT2D eigenvalue weighted by Crippen LogP contribution is 2.13. The Morgan fingerprint density at radius 3 is 1.18 bits per heavy atom. The highest BCUT2D eigenvalue weighted by Gasteiger charge is 2.36. The van der Waals surface area contributed by atoms with Crippen molar-refractivity contribution < 1.29 is 93.3 Å². The van der Waals surface area contributed by atoms with E-state index in [0.717, 1.165) is 0 Å². The molecule has 0 aliphatic rings. The zero-order valence-corrected chi connectivity index (χ0v) is 32.6. The second-order valence-corrected chi connectivity index (χ2v) is 13.5. The van der Waals surface area contributed by atoms with Gasteiger partial charge in [-0.2, -0.15) is 0 Å². The van der Waals surface area contributed by atoms with Gasteiger partial charge in [-0.1, -0.05) is 12.1 Å². The van der Waals surface area contributed by atoms with Crippen molar-refractivity contribution in [2.75, 3.05) is 6.54 Å². The number of aliphatic carboxylic acids is 6. The van der Waals surface area contributed by atoms with Gasteiger partial charge in [-0.25, -0.2) is 4.79 Å². The van der Waals surface area contributed by atoms with Crippen LogP contribution in [0.5, 0.6) is 5.75 Å². The van der Waals surface area contributed by atoms with Crippen molar-refractivity contribution in [2.24, 2.45) is 11.5 Å². The van der Waals surface area contributed by atoms with Gasteiger partial charge in [-0.05, 0) is 43.5 Å². The molecule has 0 aliphatic carbocycles. The van der Waals surface area contributed by atoms with Gasteiger partial charge >= 0.3 is 35.8 Å². The number of hydrogen-bond donors (Lipinski definition) is 15. The Bertz CT molecular complexity index is 1840. The number of rotatable bonds is 29. The lowest BCUT2D eigenvalue weighted by Crippen LogP contribution is -2.60. The van der Waals surface area contributed by atoms with Crippen LogP contribution in [0.25, 0.3) is 0 Å². The minimum absolute atomic E-state index is 0.109. The van der Waals surface area contributed by atoms with Crippen LogP contribution in [0.3, 0.4) is 0 Å². The minimum atomic E-state index is -2.23. The average Bonchev–Trinajstić information content (AvgIpc) is 3.15. The van der Waals surface area contributed by atoms with Crippen molar-refractivity contribution in [1.82, 2.24) is 31.9 Å². The Morgan fingerprint density at radius 1 is 0.452 bits per heavy atom. The number of carbonyl (C=O) groups is 12. The number of phenolic OH excluding ortho intramolecular Hbond substituents is 1. The SMILES string of the molecule is NCCCC[C@H](NC(=O)[C@H](Cc1ccc(O)cc1)NC(=O)[C@@H](N)CC(=O)O)C(=O)N[C@@H](CC(=O)O)C(=O)N[C@@H](CC(=O)O)C(=O)N[C@@H](CC(=O)O)C(=O)N[C@@H](CC(=O)O)C(=O)O. The molecule has 27 nitrogen and oxygen atoms in total. The average molecular weight is 885 g/mol. The third kappa shape index (κ3) is 20.0. The van der Waals surface area contributed by atoms with Crippen molar-refractivity contribution in [2.45, 2.75) is 100 Å². The molecule has 0 aliphatic heterocycles. The third-order valence-electron chi connectivity index (χ3n) is 8.35. The summed E-state index contributed by atoms with van der Waals surface area (Å²) in [7, 11) is 0. The van der Waals surface area contributed by atoms with Crippen molar-refractivity contribution in [3.05, 3.63) is 29.8 Å². The number of unbranched alkanes of at least 4 members (excludes halogenated alkanes) is 1. The fourth-order valence-electron chi connectivity index (χ4n) is 5.29. The number of aromatic hydroxyl groups is 1. The molecule has 17 N–H and O–H groups in total. The summed E-state index contributed by atoms with van der Waals surface area (Å²) in [6.07, 6.45) is -5.91. The number of carboxylic acid groups (broad SMARTS) is 6. The number of benzene rings is 1. The highest BCUT2D eigenvalue weighted by molar-refractivity contribution is 5.99. The van der Waals surface area contributed by atoms with Gasteiger partial charge in [-0.15, -0.1) is 0 Å². The number of nitrogens with one attached hydrogen (secondary N) is 6. The van der Waals surface area contributed by atoms with Crippen LogP contribution in [0.4, 0.5) is 0 Å². The van der Waals surface area contributed by atoms with Crippen LogP contribution < -0.4 is 43.4 Å².